The van der Waals surface area contributed by atoms with Crippen LogP contribution in [0.15, 0.2) is 48.7 Å². The number of carbonyl (C=O) groups is 1. The molecule has 1 N–H and O–H groups in total. The minimum absolute atomic E-state index is 0.0912. The zero-order chi connectivity index (χ0) is 24.2. The van der Waals surface area contributed by atoms with Crippen molar-refractivity contribution < 1.29 is 23.8 Å². The third kappa shape index (κ3) is 5.37. The second kappa shape index (κ2) is 10.2. The Morgan fingerprint density at radius 1 is 1.21 bits per heavy atom. The number of carboxylic acids is 1. The average molecular weight is 465 g/mol. The molecule has 0 fully saturated rings. The molecule has 6 nitrogen and oxygen atoms in total. The number of aryl methyl sites for hydroxylation is 2. The normalized spacial score (nSPS) is 15.0. The molecule has 1 aromatic heterocycles. The largest absolute Gasteiger partial charge is 0.485 e. The quantitative estimate of drug-likeness (QED) is 0.504. The maximum atomic E-state index is 14.7. The number of aromatic nitrogens is 1. The summed E-state index contributed by atoms with van der Waals surface area (Å²) in [5, 5.41) is 8.97. The summed E-state index contributed by atoms with van der Waals surface area (Å²) >= 11 is 0. The summed E-state index contributed by atoms with van der Waals surface area (Å²) in [6.45, 7) is 0.635. The van der Waals surface area contributed by atoms with Gasteiger partial charge in [0, 0.05) is 24.6 Å². The molecule has 0 saturated heterocycles. The van der Waals surface area contributed by atoms with Crippen molar-refractivity contribution >= 4 is 5.97 Å². The Kier molecular flexibility index (Phi) is 7.12. The number of halogens is 1. The summed E-state index contributed by atoms with van der Waals surface area (Å²) in [4.78, 5) is 16.9. The van der Waals surface area contributed by atoms with Gasteiger partial charge in [-0.05, 0) is 67.2 Å². The van der Waals surface area contributed by atoms with E-state index < -0.39 is 11.8 Å². The van der Waals surface area contributed by atoms with Gasteiger partial charge in [-0.15, -0.1) is 0 Å². The van der Waals surface area contributed by atoms with Gasteiger partial charge in [0.05, 0.1) is 13.3 Å². The Morgan fingerprint density at radius 3 is 2.76 bits per heavy atom. The van der Waals surface area contributed by atoms with Gasteiger partial charge in [0.2, 0.25) is 5.88 Å². The molecule has 2 aromatic carbocycles. The van der Waals surface area contributed by atoms with Gasteiger partial charge in [0.25, 0.3) is 0 Å². The lowest BCUT2D eigenvalue weighted by Gasteiger charge is -2.28. The van der Waals surface area contributed by atoms with Crippen LogP contribution in [0, 0.1) is 5.82 Å². The van der Waals surface area contributed by atoms with Gasteiger partial charge in [-0.3, -0.25) is 4.79 Å². The Hall–Kier alpha value is -3.45. The number of hydrogen-bond acceptors (Lipinski definition) is 5. The van der Waals surface area contributed by atoms with Crippen molar-refractivity contribution in [2.75, 3.05) is 21.2 Å². The van der Waals surface area contributed by atoms with Crippen LogP contribution >= 0.6 is 0 Å². The summed E-state index contributed by atoms with van der Waals surface area (Å²) < 4.78 is 26.3. The zero-order valence-electron chi connectivity index (χ0n) is 19.7. The number of pyridine rings is 1. The number of methoxy groups -OCH3 is 1. The molecule has 1 aliphatic rings. The molecule has 2 heterocycles. The van der Waals surface area contributed by atoms with Crippen molar-refractivity contribution in [3.8, 4) is 22.8 Å². The van der Waals surface area contributed by atoms with Gasteiger partial charge in [-0.2, -0.15) is 0 Å². The molecule has 34 heavy (non-hydrogen) atoms. The van der Waals surface area contributed by atoms with E-state index in [9.17, 15) is 9.18 Å². The van der Waals surface area contributed by atoms with Crippen molar-refractivity contribution in [3.63, 3.8) is 0 Å². The van der Waals surface area contributed by atoms with Crippen molar-refractivity contribution in [2.24, 2.45) is 0 Å². The van der Waals surface area contributed by atoms with Crippen molar-refractivity contribution in [1.82, 2.24) is 9.88 Å². The van der Waals surface area contributed by atoms with E-state index in [4.69, 9.17) is 14.6 Å². The predicted molar refractivity (Wildman–Crippen MR) is 128 cm³/mol. The summed E-state index contributed by atoms with van der Waals surface area (Å²) in [6.07, 6.45) is 3.33. The molecule has 1 atom stereocenters. The van der Waals surface area contributed by atoms with Gasteiger partial charge in [-0.25, -0.2) is 9.37 Å². The highest BCUT2D eigenvalue weighted by Gasteiger charge is 2.23. The van der Waals surface area contributed by atoms with E-state index in [1.807, 2.05) is 49.3 Å². The minimum Gasteiger partial charge on any atom is -0.485 e. The monoisotopic (exact) mass is 464 g/mol. The highest BCUT2D eigenvalue weighted by Crippen LogP contribution is 2.38. The predicted octanol–water partition coefficient (Wildman–Crippen LogP) is 5.04. The smallest absolute Gasteiger partial charge is 0.303 e. The van der Waals surface area contributed by atoms with Crippen LogP contribution in [0.1, 0.15) is 41.2 Å². The third-order valence-electron chi connectivity index (χ3n) is 6.02. The van der Waals surface area contributed by atoms with E-state index in [0.29, 0.717) is 24.4 Å². The number of rotatable bonds is 8. The number of benzene rings is 2. The summed E-state index contributed by atoms with van der Waals surface area (Å²) in [6, 6.07) is 13.6. The maximum Gasteiger partial charge on any atom is 0.303 e. The molecule has 1 aliphatic heterocycles. The molecule has 4 rings (SSSR count). The summed E-state index contributed by atoms with van der Waals surface area (Å²) in [5.74, 6) is -0.0388. The number of aliphatic carboxylic acids is 1. The number of carboxylic acid groups (broad SMARTS) is 1. The Bertz CT molecular complexity index is 1200. The van der Waals surface area contributed by atoms with E-state index >= 15 is 0 Å². The van der Waals surface area contributed by atoms with Crippen LogP contribution in [0.4, 0.5) is 4.39 Å². The number of nitrogens with zero attached hydrogens (tertiary/aromatic N) is 2. The molecule has 0 bridgehead atoms. The molecule has 3 aromatic rings. The molecule has 7 heteroatoms. The van der Waals surface area contributed by atoms with Crippen LogP contribution in [-0.2, 0) is 24.2 Å². The van der Waals surface area contributed by atoms with Crippen LogP contribution in [0.2, 0.25) is 0 Å². The van der Waals surface area contributed by atoms with E-state index in [1.165, 1.54) is 13.3 Å². The average Bonchev–Trinajstić information content (AvgIpc) is 2.82. The molecule has 0 unspecified atom stereocenters. The van der Waals surface area contributed by atoms with E-state index in [0.717, 1.165) is 46.4 Å². The fourth-order valence-corrected chi connectivity index (χ4v) is 4.34. The second-order valence-corrected chi connectivity index (χ2v) is 8.84. The summed E-state index contributed by atoms with van der Waals surface area (Å²) in [5.41, 5.74) is 5.35. The number of fused-ring (bicyclic) bond motifs is 1. The van der Waals surface area contributed by atoms with Crippen molar-refractivity contribution in [1.29, 1.82) is 0 Å². The van der Waals surface area contributed by atoms with Gasteiger partial charge in [0.1, 0.15) is 17.7 Å². The number of ether oxygens (including phenoxy) is 2. The Morgan fingerprint density at radius 2 is 2.03 bits per heavy atom. The topological polar surface area (TPSA) is 71.9 Å². The lowest BCUT2D eigenvalue weighted by molar-refractivity contribution is -0.136. The standard InChI is InChI=1S/C27H29FN2O4/c1-30(2)16-20-13-19(7-9-21(20)22-14-26(33-3)29-15-23(22)28)24-10-8-18-6-4-17(5-11-27(31)32)12-25(18)34-24/h4,6-7,9,12-15,24H,5,8,10-11,16H2,1-3H3,(H,31,32)/t24-/m0/s1. The van der Waals surface area contributed by atoms with Crippen LogP contribution < -0.4 is 9.47 Å². The highest BCUT2D eigenvalue weighted by molar-refractivity contribution is 5.69. The van der Waals surface area contributed by atoms with Gasteiger partial charge < -0.3 is 19.5 Å². The van der Waals surface area contributed by atoms with Crippen molar-refractivity contribution in [2.45, 2.75) is 38.3 Å². The molecule has 0 aliphatic carbocycles. The lowest BCUT2D eigenvalue weighted by Crippen LogP contribution is -2.17. The molecular formula is C27H29FN2O4. The Balaban J connectivity index is 1.64. The third-order valence-corrected chi connectivity index (χ3v) is 6.02. The first kappa shape index (κ1) is 23.7. The maximum absolute atomic E-state index is 14.7. The Labute approximate surface area is 199 Å². The SMILES string of the molecule is COc1cc(-c2ccc([C@@H]3CCc4ccc(CCC(=O)O)cc4O3)cc2CN(C)C)c(F)cn1. The van der Waals surface area contributed by atoms with Crippen LogP contribution in [0.5, 0.6) is 11.6 Å². The molecule has 178 valence electrons. The van der Waals surface area contributed by atoms with Crippen molar-refractivity contribution in [3.05, 3.63) is 76.7 Å². The van der Waals surface area contributed by atoms with Crippen LogP contribution in [-0.4, -0.2) is 42.2 Å². The first-order chi connectivity index (χ1) is 16.3. The first-order valence-electron chi connectivity index (χ1n) is 11.3. The molecular weight excluding hydrogens is 435 g/mol. The van der Waals surface area contributed by atoms with E-state index in [-0.39, 0.29) is 12.5 Å². The van der Waals surface area contributed by atoms with Crippen LogP contribution in [0.25, 0.3) is 11.1 Å². The van der Waals surface area contributed by atoms with E-state index in [2.05, 4.69) is 11.1 Å². The van der Waals surface area contributed by atoms with Crippen LogP contribution in [0.3, 0.4) is 0 Å². The molecule has 0 radical (unpaired) electrons. The van der Waals surface area contributed by atoms with Gasteiger partial charge >= 0.3 is 5.97 Å². The summed E-state index contributed by atoms with van der Waals surface area (Å²) in [7, 11) is 5.47. The highest BCUT2D eigenvalue weighted by atomic mass is 19.1. The van der Waals surface area contributed by atoms with Gasteiger partial charge in [-0.1, -0.05) is 30.3 Å². The fraction of sp³-hybridized carbons (Fsp3) is 0.333. The first-order valence-corrected chi connectivity index (χ1v) is 11.3. The van der Waals surface area contributed by atoms with Gasteiger partial charge in [0.15, 0.2) is 0 Å². The minimum atomic E-state index is -0.812. The lowest BCUT2D eigenvalue weighted by atomic mass is 9.92. The van der Waals surface area contributed by atoms with E-state index in [1.54, 1.807) is 6.07 Å². The molecule has 0 saturated carbocycles. The second-order valence-electron chi connectivity index (χ2n) is 8.84. The molecule has 0 amide bonds. The fourth-order valence-electron chi connectivity index (χ4n) is 4.34. The molecule has 0 spiro atoms. The number of hydrogen-bond donors (Lipinski definition) is 1. The zero-order valence-corrected chi connectivity index (χ0v) is 19.7.